The molecule has 0 aliphatic heterocycles. The van der Waals surface area contributed by atoms with E-state index in [1.165, 1.54) is 0 Å². The average molecular weight is 291 g/mol. The molecule has 0 amide bonds. The molecular weight excluding hydrogens is 278 g/mol. The number of phenols is 1. The van der Waals surface area contributed by atoms with Crippen LogP contribution in [-0.2, 0) is 0 Å². The van der Waals surface area contributed by atoms with E-state index in [2.05, 4.69) is 5.16 Å². The van der Waals surface area contributed by atoms with E-state index in [4.69, 9.17) is 9.51 Å². The van der Waals surface area contributed by atoms with Gasteiger partial charge in [0.2, 0.25) is 0 Å². The number of fused-ring (bicyclic) bond motifs is 1. The van der Waals surface area contributed by atoms with Crippen LogP contribution in [0, 0.1) is 6.92 Å². The van der Waals surface area contributed by atoms with Gasteiger partial charge in [-0.1, -0.05) is 17.3 Å². The Morgan fingerprint density at radius 3 is 2.55 bits per heavy atom. The molecule has 22 heavy (non-hydrogen) atoms. The van der Waals surface area contributed by atoms with Crippen molar-refractivity contribution >= 4 is 11.0 Å². The molecule has 0 radical (unpaired) electrons. The number of aromatic hydroxyl groups is 1. The van der Waals surface area contributed by atoms with Crippen LogP contribution in [0.2, 0.25) is 0 Å². The van der Waals surface area contributed by atoms with Crippen LogP contribution in [0.1, 0.15) is 5.76 Å². The normalized spacial score (nSPS) is 11.1. The maximum absolute atomic E-state index is 9.51. The Kier molecular flexibility index (Phi) is 2.72. The standard InChI is InChI=1S/C17H13N3O2/c1-11-14(10-18-22-11)17-19-15-4-2-3-5-16(15)20(17)12-6-8-13(21)9-7-12/h2-10,21H,1H3. The number of phenolic OH excluding ortho intramolecular Hbond substituents is 1. The molecule has 0 bridgehead atoms. The third kappa shape index (κ3) is 1.87. The highest BCUT2D eigenvalue weighted by molar-refractivity contribution is 5.83. The maximum Gasteiger partial charge on any atom is 0.150 e. The fourth-order valence-corrected chi connectivity index (χ4v) is 2.58. The Hall–Kier alpha value is -3.08. The SMILES string of the molecule is Cc1oncc1-c1nc2ccccc2n1-c1ccc(O)cc1. The minimum absolute atomic E-state index is 0.232. The summed E-state index contributed by atoms with van der Waals surface area (Å²) in [5, 5.41) is 13.4. The van der Waals surface area contributed by atoms with E-state index < -0.39 is 0 Å². The van der Waals surface area contributed by atoms with Gasteiger partial charge in [-0.3, -0.25) is 4.57 Å². The highest BCUT2D eigenvalue weighted by Crippen LogP contribution is 2.30. The monoisotopic (exact) mass is 291 g/mol. The molecule has 0 atom stereocenters. The fourth-order valence-electron chi connectivity index (χ4n) is 2.58. The molecule has 0 spiro atoms. The molecule has 5 nitrogen and oxygen atoms in total. The van der Waals surface area contributed by atoms with Gasteiger partial charge in [-0.2, -0.15) is 0 Å². The lowest BCUT2D eigenvalue weighted by Crippen LogP contribution is -1.97. The van der Waals surface area contributed by atoms with Crippen LogP contribution in [0.4, 0.5) is 0 Å². The van der Waals surface area contributed by atoms with Crippen molar-refractivity contribution in [1.82, 2.24) is 14.7 Å². The zero-order valence-corrected chi connectivity index (χ0v) is 11.9. The largest absolute Gasteiger partial charge is 0.508 e. The molecule has 0 aliphatic rings. The molecule has 0 aliphatic carbocycles. The van der Waals surface area contributed by atoms with Crippen molar-refractivity contribution in [1.29, 1.82) is 0 Å². The van der Waals surface area contributed by atoms with E-state index in [1.807, 2.05) is 47.9 Å². The summed E-state index contributed by atoms with van der Waals surface area (Å²) in [6, 6.07) is 15.0. The van der Waals surface area contributed by atoms with Crippen LogP contribution < -0.4 is 0 Å². The van der Waals surface area contributed by atoms with Crippen LogP contribution in [0.5, 0.6) is 5.75 Å². The Balaban J connectivity index is 2.06. The third-order valence-electron chi connectivity index (χ3n) is 3.66. The smallest absolute Gasteiger partial charge is 0.150 e. The Labute approximate surface area is 126 Å². The average Bonchev–Trinajstić information content (AvgIpc) is 3.11. The van der Waals surface area contributed by atoms with E-state index in [0.717, 1.165) is 33.9 Å². The molecule has 5 heteroatoms. The van der Waals surface area contributed by atoms with Gasteiger partial charge in [0.05, 0.1) is 22.8 Å². The highest BCUT2D eigenvalue weighted by Gasteiger charge is 2.17. The van der Waals surface area contributed by atoms with Gasteiger partial charge in [-0.05, 0) is 43.3 Å². The summed E-state index contributed by atoms with van der Waals surface area (Å²) in [5.74, 6) is 1.72. The first-order valence-electron chi connectivity index (χ1n) is 6.92. The number of benzene rings is 2. The van der Waals surface area contributed by atoms with Crippen molar-refractivity contribution in [3.8, 4) is 22.8 Å². The predicted octanol–water partition coefficient (Wildman–Crippen LogP) is 3.69. The van der Waals surface area contributed by atoms with Gasteiger partial charge in [0, 0.05) is 5.69 Å². The fraction of sp³-hybridized carbons (Fsp3) is 0.0588. The summed E-state index contributed by atoms with van der Waals surface area (Å²) >= 11 is 0. The molecule has 2 heterocycles. The van der Waals surface area contributed by atoms with Crippen LogP contribution in [-0.4, -0.2) is 19.8 Å². The second-order valence-electron chi connectivity index (χ2n) is 5.07. The molecular formula is C17H13N3O2. The molecule has 0 fully saturated rings. The number of aromatic nitrogens is 3. The van der Waals surface area contributed by atoms with E-state index >= 15 is 0 Å². The molecule has 1 N–H and O–H groups in total. The predicted molar refractivity (Wildman–Crippen MR) is 83.0 cm³/mol. The molecule has 4 rings (SSSR count). The molecule has 0 saturated carbocycles. The molecule has 108 valence electrons. The Morgan fingerprint density at radius 1 is 1.05 bits per heavy atom. The summed E-state index contributed by atoms with van der Waals surface area (Å²) in [6.45, 7) is 1.86. The summed E-state index contributed by atoms with van der Waals surface area (Å²) in [6.07, 6.45) is 1.67. The lowest BCUT2D eigenvalue weighted by molar-refractivity contribution is 0.398. The first-order chi connectivity index (χ1) is 10.7. The van der Waals surface area contributed by atoms with Crippen molar-refractivity contribution in [2.24, 2.45) is 0 Å². The van der Waals surface area contributed by atoms with E-state index in [-0.39, 0.29) is 5.75 Å². The van der Waals surface area contributed by atoms with Crippen molar-refractivity contribution in [2.75, 3.05) is 0 Å². The zero-order chi connectivity index (χ0) is 15.1. The lowest BCUT2D eigenvalue weighted by Gasteiger charge is -2.08. The molecule has 0 unspecified atom stereocenters. The highest BCUT2D eigenvalue weighted by atomic mass is 16.5. The number of para-hydroxylation sites is 2. The molecule has 0 saturated heterocycles. The summed E-state index contributed by atoms with van der Waals surface area (Å²) in [5.41, 5.74) is 3.65. The topological polar surface area (TPSA) is 64.1 Å². The van der Waals surface area contributed by atoms with E-state index in [0.29, 0.717) is 0 Å². The van der Waals surface area contributed by atoms with Crippen molar-refractivity contribution < 1.29 is 9.63 Å². The van der Waals surface area contributed by atoms with Gasteiger partial charge in [-0.15, -0.1) is 0 Å². The van der Waals surface area contributed by atoms with E-state index in [9.17, 15) is 5.11 Å². The van der Waals surface area contributed by atoms with Crippen molar-refractivity contribution in [2.45, 2.75) is 6.92 Å². The van der Waals surface area contributed by atoms with Gasteiger partial charge in [0.15, 0.2) is 5.82 Å². The van der Waals surface area contributed by atoms with Gasteiger partial charge in [0.25, 0.3) is 0 Å². The van der Waals surface area contributed by atoms with Crippen LogP contribution in [0.3, 0.4) is 0 Å². The molecule has 2 aromatic heterocycles. The van der Waals surface area contributed by atoms with Gasteiger partial charge >= 0.3 is 0 Å². The minimum atomic E-state index is 0.232. The number of hydrogen-bond acceptors (Lipinski definition) is 4. The summed E-state index contributed by atoms with van der Waals surface area (Å²) < 4.78 is 7.22. The first-order valence-corrected chi connectivity index (χ1v) is 6.92. The lowest BCUT2D eigenvalue weighted by atomic mass is 10.2. The second-order valence-corrected chi connectivity index (χ2v) is 5.07. The summed E-state index contributed by atoms with van der Waals surface area (Å²) in [4.78, 5) is 4.72. The van der Waals surface area contributed by atoms with E-state index in [1.54, 1.807) is 18.3 Å². The molecule has 4 aromatic rings. The quantitative estimate of drug-likeness (QED) is 0.611. The molecule has 2 aromatic carbocycles. The number of imidazole rings is 1. The minimum Gasteiger partial charge on any atom is -0.508 e. The van der Waals surface area contributed by atoms with Crippen LogP contribution in [0.15, 0.2) is 59.3 Å². The number of rotatable bonds is 2. The van der Waals surface area contributed by atoms with Gasteiger partial charge in [-0.25, -0.2) is 4.98 Å². The second kappa shape index (κ2) is 4.73. The van der Waals surface area contributed by atoms with Crippen molar-refractivity contribution in [3.05, 3.63) is 60.5 Å². The van der Waals surface area contributed by atoms with Crippen LogP contribution in [0.25, 0.3) is 28.1 Å². The third-order valence-corrected chi connectivity index (χ3v) is 3.66. The number of nitrogens with zero attached hydrogens (tertiary/aromatic N) is 3. The van der Waals surface area contributed by atoms with Crippen molar-refractivity contribution in [3.63, 3.8) is 0 Å². The number of aryl methyl sites for hydroxylation is 1. The van der Waals surface area contributed by atoms with Crippen LogP contribution >= 0.6 is 0 Å². The Bertz CT molecular complexity index is 952. The van der Waals surface area contributed by atoms with Gasteiger partial charge < -0.3 is 9.63 Å². The Morgan fingerprint density at radius 2 is 1.82 bits per heavy atom. The summed E-state index contributed by atoms with van der Waals surface area (Å²) in [7, 11) is 0. The van der Waals surface area contributed by atoms with Gasteiger partial charge in [0.1, 0.15) is 11.5 Å². The zero-order valence-electron chi connectivity index (χ0n) is 11.9. The maximum atomic E-state index is 9.51. The first kappa shape index (κ1) is 12.6. The number of hydrogen-bond donors (Lipinski definition) is 1.